The van der Waals surface area contributed by atoms with Gasteiger partial charge in [0.25, 0.3) is 0 Å². The number of hydrogen-bond acceptors (Lipinski definition) is 7. The second-order valence-electron chi connectivity index (χ2n) is 8.41. The zero-order valence-corrected chi connectivity index (χ0v) is 19.1. The Kier molecular flexibility index (Phi) is 7.11. The van der Waals surface area contributed by atoms with Crippen LogP contribution in [0, 0.1) is 0 Å². The van der Waals surface area contributed by atoms with Crippen LogP contribution in [0.15, 0.2) is 55.0 Å². The van der Waals surface area contributed by atoms with Gasteiger partial charge in [-0.1, -0.05) is 42.5 Å². The number of nitrogens with zero attached hydrogens (tertiary/aromatic N) is 2. The predicted molar refractivity (Wildman–Crippen MR) is 126 cm³/mol. The number of aromatic nitrogens is 2. The fourth-order valence-electron chi connectivity index (χ4n) is 4.15. The molecule has 2 atom stereocenters. The number of rotatable bonds is 9. The summed E-state index contributed by atoms with van der Waals surface area (Å²) in [6.07, 6.45) is 1.39. The van der Waals surface area contributed by atoms with Crippen molar-refractivity contribution in [3.8, 4) is 11.1 Å². The van der Waals surface area contributed by atoms with Crippen LogP contribution >= 0.6 is 0 Å². The number of aliphatic carboxylic acids is 2. The van der Waals surface area contributed by atoms with Crippen LogP contribution in [-0.2, 0) is 33.8 Å². The summed E-state index contributed by atoms with van der Waals surface area (Å²) in [4.78, 5) is 51.0. The Bertz CT molecular complexity index is 1330. The summed E-state index contributed by atoms with van der Waals surface area (Å²) in [6, 6.07) is 11.2. The number of amides is 1. The van der Waals surface area contributed by atoms with Crippen LogP contribution in [0.3, 0.4) is 0 Å². The first kappa shape index (κ1) is 24.6. The van der Waals surface area contributed by atoms with Gasteiger partial charge in [0.05, 0.1) is 18.2 Å². The number of nitrogens with one attached hydrogen (secondary N) is 1. The third-order valence-corrected chi connectivity index (χ3v) is 5.91. The Labute approximate surface area is 205 Å². The molecule has 0 unspecified atom stereocenters. The molecule has 0 spiro atoms. The molecule has 0 aliphatic heterocycles. The summed E-state index contributed by atoms with van der Waals surface area (Å²) in [5.74, 6) is -3.24. The first-order valence-electron chi connectivity index (χ1n) is 11.1. The minimum Gasteiger partial charge on any atom is -0.481 e. The topological polar surface area (TPSA) is 174 Å². The highest BCUT2D eigenvalue weighted by Gasteiger charge is 2.25. The number of hydrogen-bond donors (Lipinski definition) is 4. The van der Waals surface area contributed by atoms with Crippen LogP contribution in [0.4, 0.5) is 4.79 Å². The molecular weight excluding hydrogens is 468 g/mol. The quantitative estimate of drug-likeness (QED) is 0.272. The maximum Gasteiger partial charge on any atom is 0.408 e. The van der Waals surface area contributed by atoms with Crippen molar-refractivity contribution >= 4 is 23.9 Å². The van der Waals surface area contributed by atoms with Crippen LogP contribution in [0.2, 0.25) is 0 Å². The molecule has 36 heavy (non-hydrogen) atoms. The number of carboxylic acids is 2. The Hall–Kier alpha value is -4.51. The van der Waals surface area contributed by atoms with E-state index < -0.39 is 42.4 Å². The highest BCUT2D eigenvalue weighted by molar-refractivity contribution is 5.87. The number of carboxylic acid groups (broad SMARTS) is 2. The van der Waals surface area contributed by atoms with E-state index in [-0.39, 0.29) is 18.7 Å². The molecule has 1 aromatic heterocycles. The predicted octanol–water partition coefficient (Wildman–Crippen LogP) is 1.82. The molecule has 0 radical (unpaired) electrons. The number of ether oxygens (including phenoxy) is 1. The molecule has 4 rings (SSSR count). The van der Waals surface area contributed by atoms with Gasteiger partial charge < -0.3 is 26.0 Å². The monoisotopic (exact) mass is 492 g/mol. The second-order valence-corrected chi connectivity index (χ2v) is 8.41. The molecule has 1 aliphatic carbocycles. The number of imidazole rings is 1. The Morgan fingerprint density at radius 1 is 1.08 bits per heavy atom. The first-order valence-corrected chi connectivity index (χ1v) is 11.1. The Balaban J connectivity index is 1.36. The van der Waals surface area contributed by atoms with Gasteiger partial charge in [0.15, 0.2) is 0 Å². The van der Waals surface area contributed by atoms with E-state index in [1.54, 1.807) is 0 Å². The van der Waals surface area contributed by atoms with Gasteiger partial charge in [-0.3, -0.25) is 14.2 Å². The summed E-state index contributed by atoms with van der Waals surface area (Å²) in [5, 5.41) is 20.6. The zero-order valence-electron chi connectivity index (χ0n) is 19.1. The van der Waals surface area contributed by atoms with Crippen molar-refractivity contribution in [1.82, 2.24) is 14.9 Å². The average molecular weight is 492 g/mol. The minimum atomic E-state index is -1.37. The first-order chi connectivity index (χ1) is 17.2. The highest BCUT2D eigenvalue weighted by Crippen LogP contribution is 2.38. The molecule has 11 heteroatoms. The minimum absolute atomic E-state index is 0.0278. The molecule has 5 N–H and O–H groups in total. The number of fused-ring (bicyclic) bond motifs is 3. The maximum absolute atomic E-state index is 12.4. The van der Waals surface area contributed by atoms with Gasteiger partial charge in [-0.2, -0.15) is 0 Å². The number of benzene rings is 2. The lowest BCUT2D eigenvalue weighted by Gasteiger charge is -2.14. The SMILES string of the molecule is N[C@@H](CC(=O)O)C(=O)n1cnc(C[C@H](NC(=O)OCc2cccc3c2Cc2ccccc2-3)C(=O)O)c1. The lowest BCUT2D eigenvalue weighted by molar-refractivity contribution is -0.139. The van der Waals surface area contributed by atoms with Crippen molar-refractivity contribution in [3.63, 3.8) is 0 Å². The summed E-state index contributed by atoms with van der Waals surface area (Å²) in [7, 11) is 0. The highest BCUT2D eigenvalue weighted by atomic mass is 16.5. The summed E-state index contributed by atoms with van der Waals surface area (Å²) in [5.41, 5.74) is 11.1. The third-order valence-electron chi connectivity index (χ3n) is 5.91. The van der Waals surface area contributed by atoms with E-state index in [4.69, 9.17) is 15.6 Å². The van der Waals surface area contributed by atoms with E-state index in [9.17, 15) is 24.3 Å². The van der Waals surface area contributed by atoms with Gasteiger partial charge >= 0.3 is 18.0 Å². The van der Waals surface area contributed by atoms with E-state index in [1.165, 1.54) is 11.8 Å². The molecule has 3 aromatic rings. The molecule has 1 heterocycles. The largest absolute Gasteiger partial charge is 0.481 e. The molecule has 0 saturated carbocycles. The van der Waals surface area contributed by atoms with Gasteiger partial charge in [0, 0.05) is 12.6 Å². The molecule has 186 valence electrons. The molecule has 11 nitrogen and oxygen atoms in total. The number of alkyl carbamates (subject to hydrolysis) is 1. The van der Waals surface area contributed by atoms with Crippen LogP contribution < -0.4 is 11.1 Å². The van der Waals surface area contributed by atoms with Crippen molar-refractivity contribution in [1.29, 1.82) is 0 Å². The van der Waals surface area contributed by atoms with Gasteiger partial charge in [-0.15, -0.1) is 0 Å². The molecule has 2 aromatic carbocycles. The van der Waals surface area contributed by atoms with Crippen LogP contribution in [0.1, 0.15) is 33.6 Å². The third kappa shape index (κ3) is 5.41. The average Bonchev–Trinajstić information content (AvgIpc) is 3.46. The van der Waals surface area contributed by atoms with Gasteiger partial charge in [0.1, 0.15) is 19.0 Å². The van der Waals surface area contributed by atoms with Crippen molar-refractivity contribution in [2.75, 3.05) is 0 Å². The molecule has 1 aliphatic rings. The van der Waals surface area contributed by atoms with Crippen molar-refractivity contribution in [2.24, 2.45) is 5.73 Å². The molecule has 0 saturated heterocycles. The van der Waals surface area contributed by atoms with E-state index in [1.807, 2.05) is 36.4 Å². The number of carbonyl (C=O) groups is 4. The van der Waals surface area contributed by atoms with Gasteiger partial charge in [0.2, 0.25) is 5.91 Å². The normalized spacial score (nSPS) is 13.2. The maximum atomic E-state index is 12.4. The van der Waals surface area contributed by atoms with Crippen LogP contribution in [0.25, 0.3) is 11.1 Å². The smallest absolute Gasteiger partial charge is 0.408 e. The van der Waals surface area contributed by atoms with Crippen LogP contribution in [0.5, 0.6) is 0 Å². The summed E-state index contributed by atoms with van der Waals surface area (Å²) >= 11 is 0. The molecular formula is C25H24N4O7. The molecule has 1 amide bonds. The zero-order chi connectivity index (χ0) is 25.8. The Morgan fingerprint density at radius 2 is 1.83 bits per heavy atom. The van der Waals surface area contributed by atoms with E-state index in [0.29, 0.717) is 0 Å². The standard InChI is InChI=1S/C25H24N4O7/c26-20(10-22(30)31)23(32)29-11-16(27-13-29)9-21(24(33)34)28-25(35)36-12-15-5-3-7-18-17-6-2-1-4-14(17)8-19(15)18/h1-7,11,13,20-21H,8-10,12,26H2,(H,28,35)(H,30,31)(H,33,34)/t20-,21-/m0/s1. The Morgan fingerprint density at radius 3 is 2.58 bits per heavy atom. The van der Waals surface area contributed by atoms with Crippen molar-refractivity contribution in [3.05, 3.63) is 77.4 Å². The van der Waals surface area contributed by atoms with Crippen molar-refractivity contribution in [2.45, 2.75) is 38.0 Å². The van der Waals surface area contributed by atoms with Gasteiger partial charge in [-0.05, 0) is 34.2 Å². The summed E-state index contributed by atoms with van der Waals surface area (Å²) in [6.45, 7) is -0.0278. The fourth-order valence-corrected chi connectivity index (χ4v) is 4.15. The lowest BCUT2D eigenvalue weighted by atomic mass is 10.0. The van der Waals surface area contributed by atoms with E-state index in [0.717, 1.165) is 39.6 Å². The number of carbonyl (C=O) groups excluding carboxylic acids is 2. The lowest BCUT2D eigenvalue weighted by Crippen LogP contribution is -2.42. The van der Waals surface area contributed by atoms with Crippen LogP contribution in [-0.4, -0.2) is 55.8 Å². The fraction of sp³-hybridized carbons (Fsp3) is 0.240. The van der Waals surface area contributed by atoms with Crippen molar-refractivity contribution < 1.29 is 34.1 Å². The molecule has 0 fully saturated rings. The molecule has 0 bridgehead atoms. The van der Waals surface area contributed by atoms with E-state index >= 15 is 0 Å². The van der Waals surface area contributed by atoms with Gasteiger partial charge in [-0.25, -0.2) is 14.6 Å². The second kappa shape index (κ2) is 10.4. The number of nitrogens with two attached hydrogens (primary N) is 1. The van der Waals surface area contributed by atoms with E-state index in [2.05, 4.69) is 16.4 Å². The summed E-state index contributed by atoms with van der Waals surface area (Å²) < 4.78 is 6.31.